The van der Waals surface area contributed by atoms with Gasteiger partial charge in [0.15, 0.2) is 0 Å². The van der Waals surface area contributed by atoms with E-state index in [0.29, 0.717) is 10.8 Å². The molecule has 0 aliphatic heterocycles. The summed E-state index contributed by atoms with van der Waals surface area (Å²) in [5.41, 5.74) is 1.13. The summed E-state index contributed by atoms with van der Waals surface area (Å²) in [7, 11) is 0. The van der Waals surface area contributed by atoms with E-state index in [1.165, 1.54) is 32.1 Å². The number of hydrogen-bond acceptors (Lipinski definition) is 0. The average Bonchev–Trinajstić information content (AvgIpc) is 2.22. The SMILES string of the molecule is CCC=CC1(C)C2CC3CC(C2)CC1(C)C3. The second-order valence-electron chi connectivity index (χ2n) is 7.20. The Kier molecular flexibility index (Phi) is 2.29. The van der Waals surface area contributed by atoms with Gasteiger partial charge in [0.05, 0.1) is 0 Å². The smallest absolute Gasteiger partial charge is 0.00641 e. The minimum atomic E-state index is 0.510. The Bertz CT molecular complexity index is 300. The van der Waals surface area contributed by atoms with Crippen LogP contribution in [0.3, 0.4) is 0 Å². The monoisotopic (exact) mass is 218 g/mol. The molecular formula is C16H26. The molecule has 0 aromatic carbocycles. The minimum Gasteiger partial charge on any atom is -0.0882 e. The molecular weight excluding hydrogens is 192 g/mol. The number of hydrogen-bond donors (Lipinski definition) is 0. The maximum Gasteiger partial charge on any atom is -0.00641 e. The van der Waals surface area contributed by atoms with Gasteiger partial charge in [0.25, 0.3) is 0 Å². The zero-order chi connectivity index (χ0) is 11.4. The van der Waals surface area contributed by atoms with E-state index in [9.17, 15) is 0 Å². The van der Waals surface area contributed by atoms with Crippen molar-refractivity contribution in [2.45, 2.75) is 59.3 Å². The number of rotatable bonds is 2. The lowest BCUT2D eigenvalue weighted by molar-refractivity contribution is -0.133. The summed E-state index contributed by atoms with van der Waals surface area (Å²) in [4.78, 5) is 0. The van der Waals surface area contributed by atoms with E-state index in [1.54, 1.807) is 6.42 Å². The van der Waals surface area contributed by atoms with Crippen molar-refractivity contribution in [1.29, 1.82) is 0 Å². The first-order chi connectivity index (χ1) is 7.57. The minimum absolute atomic E-state index is 0.510. The first kappa shape index (κ1) is 10.9. The van der Waals surface area contributed by atoms with Crippen LogP contribution in [0, 0.1) is 28.6 Å². The van der Waals surface area contributed by atoms with Crippen LogP contribution in [0.2, 0.25) is 0 Å². The molecule has 0 heterocycles. The fourth-order valence-electron chi connectivity index (χ4n) is 5.38. The van der Waals surface area contributed by atoms with Gasteiger partial charge in [0.2, 0.25) is 0 Å². The van der Waals surface area contributed by atoms with Crippen molar-refractivity contribution in [2.75, 3.05) is 0 Å². The van der Waals surface area contributed by atoms with Crippen LogP contribution in [0.4, 0.5) is 0 Å². The van der Waals surface area contributed by atoms with Gasteiger partial charge in [-0.3, -0.25) is 0 Å². The van der Waals surface area contributed by atoms with Gasteiger partial charge in [0.1, 0.15) is 0 Å². The molecule has 0 aromatic rings. The van der Waals surface area contributed by atoms with Gasteiger partial charge >= 0.3 is 0 Å². The molecule has 0 saturated heterocycles. The molecule has 0 spiro atoms. The summed E-state index contributed by atoms with van der Waals surface area (Å²) in [6, 6.07) is 0. The van der Waals surface area contributed by atoms with E-state index in [1.807, 2.05) is 0 Å². The largest absolute Gasteiger partial charge is 0.0882 e. The Morgan fingerprint density at radius 3 is 2.19 bits per heavy atom. The molecule has 4 bridgehead atoms. The maximum atomic E-state index is 2.59. The highest BCUT2D eigenvalue weighted by Gasteiger charge is 2.59. The highest BCUT2D eigenvalue weighted by atomic mass is 14.6. The highest BCUT2D eigenvalue weighted by molar-refractivity contribution is 5.17. The Labute approximate surface area is 101 Å². The van der Waals surface area contributed by atoms with Crippen LogP contribution in [0.1, 0.15) is 59.3 Å². The Morgan fingerprint density at radius 1 is 1.06 bits per heavy atom. The van der Waals surface area contributed by atoms with E-state index < -0.39 is 0 Å². The average molecular weight is 218 g/mol. The highest BCUT2D eigenvalue weighted by Crippen LogP contribution is 2.68. The molecule has 16 heavy (non-hydrogen) atoms. The molecule has 0 radical (unpaired) electrons. The van der Waals surface area contributed by atoms with Crippen LogP contribution in [0.25, 0.3) is 0 Å². The molecule has 4 rings (SSSR count). The maximum absolute atomic E-state index is 2.59. The van der Waals surface area contributed by atoms with Gasteiger partial charge in [0, 0.05) is 0 Å². The lowest BCUT2D eigenvalue weighted by Crippen LogP contribution is -2.56. The lowest BCUT2D eigenvalue weighted by Gasteiger charge is -2.65. The third kappa shape index (κ3) is 1.28. The first-order valence-electron chi connectivity index (χ1n) is 7.25. The molecule has 4 aliphatic rings. The Morgan fingerprint density at radius 2 is 1.69 bits per heavy atom. The standard InChI is InChI=1S/C16H26/c1-4-5-6-16(3)14-8-12-7-13(9-14)11-15(16,2)10-12/h5-6,12-14H,4,7-11H2,1-3H3. The van der Waals surface area contributed by atoms with E-state index in [-0.39, 0.29) is 0 Å². The Hall–Kier alpha value is -0.260. The van der Waals surface area contributed by atoms with Crippen LogP contribution >= 0.6 is 0 Å². The van der Waals surface area contributed by atoms with Gasteiger partial charge in [-0.05, 0) is 67.1 Å². The normalized spacial score (nSPS) is 55.1. The quantitative estimate of drug-likeness (QED) is 0.584. The summed E-state index contributed by atoms with van der Waals surface area (Å²) in [6.07, 6.45) is 13.8. The lowest BCUT2D eigenvalue weighted by atomic mass is 9.40. The van der Waals surface area contributed by atoms with Crippen molar-refractivity contribution >= 4 is 0 Å². The molecule has 4 aliphatic carbocycles. The van der Waals surface area contributed by atoms with Gasteiger partial charge in [-0.15, -0.1) is 0 Å². The molecule has 4 fully saturated rings. The summed E-state index contributed by atoms with van der Waals surface area (Å²) in [6.45, 7) is 7.40. The van der Waals surface area contributed by atoms with Gasteiger partial charge in [-0.25, -0.2) is 0 Å². The van der Waals surface area contributed by atoms with Crippen LogP contribution in [-0.4, -0.2) is 0 Å². The van der Waals surface area contributed by atoms with E-state index in [2.05, 4.69) is 32.9 Å². The molecule has 3 unspecified atom stereocenters. The van der Waals surface area contributed by atoms with Gasteiger partial charge in [-0.1, -0.05) is 32.9 Å². The first-order valence-corrected chi connectivity index (χ1v) is 7.25. The molecule has 3 atom stereocenters. The Balaban J connectivity index is 1.96. The predicted octanol–water partition coefficient (Wildman–Crippen LogP) is 4.81. The molecule has 0 amide bonds. The van der Waals surface area contributed by atoms with E-state index >= 15 is 0 Å². The predicted molar refractivity (Wildman–Crippen MR) is 69.2 cm³/mol. The zero-order valence-electron chi connectivity index (χ0n) is 11.1. The molecule has 90 valence electrons. The third-order valence-corrected chi connectivity index (χ3v) is 6.23. The summed E-state index contributed by atoms with van der Waals surface area (Å²) < 4.78 is 0. The van der Waals surface area contributed by atoms with Crippen molar-refractivity contribution in [3.8, 4) is 0 Å². The van der Waals surface area contributed by atoms with Crippen molar-refractivity contribution in [1.82, 2.24) is 0 Å². The molecule has 0 nitrogen and oxygen atoms in total. The van der Waals surface area contributed by atoms with Crippen LogP contribution < -0.4 is 0 Å². The van der Waals surface area contributed by atoms with Crippen molar-refractivity contribution in [3.05, 3.63) is 12.2 Å². The topological polar surface area (TPSA) is 0 Å². The summed E-state index contributed by atoms with van der Waals surface area (Å²) >= 11 is 0. The van der Waals surface area contributed by atoms with Crippen molar-refractivity contribution in [3.63, 3.8) is 0 Å². The molecule has 4 saturated carbocycles. The second kappa shape index (κ2) is 3.37. The fraction of sp³-hybridized carbons (Fsp3) is 0.875. The van der Waals surface area contributed by atoms with Crippen LogP contribution in [-0.2, 0) is 0 Å². The fourth-order valence-corrected chi connectivity index (χ4v) is 5.38. The van der Waals surface area contributed by atoms with E-state index in [4.69, 9.17) is 0 Å². The summed E-state index contributed by atoms with van der Waals surface area (Å²) in [5, 5.41) is 0. The van der Waals surface area contributed by atoms with Crippen molar-refractivity contribution in [2.24, 2.45) is 28.6 Å². The number of allylic oxidation sites excluding steroid dienone is 2. The molecule has 0 aromatic heterocycles. The van der Waals surface area contributed by atoms with Crippen LogP contribution in [0.5, 0.6) is 0 Å². The third-order valence-electron chi connectivity index (χ3n) is 6.23. The van der Waals surface area contributed by atoms with Crippen LogP contribution in [0.15, 0.2) is 12.2 Å². The van der Waals surface area contributed by atoms with Gasteiger partial charge in [-0.2, -0.15) is 0 Å². The summed E-state index contributed by atoms with van der Waals surface area (Å²) in [5.74, 6) is 3.14. The van der Waals surface area contributed by atoms with Gasteiger partial charge < -0.3 is 0 Å². The van der Waals surface area contributed by atoms with Crippen molar-refractivity contribution < 1.29 is 0 Å². The molecule has 0 heteroatoms. The zero-order valence-corrected chi connectivity index (χ0v) is 11.1. The van der Waals surface area contributed by atoms with E-state index in [0.717, 1.165) is 17.8 Å². The molecule has 0 N–H and O–H groups in total. The second-order valence-corrected chi connectivity index (χ2v) is 7.20.